The molecule has 1 aliphatic heterocycles. The lowest BCUT2D eigenvalue weighted by molar-refractivity contribution is -0.119. The fourth-order valence-electron chi connectivity index (χ4n) is 3.83. The second-order valence-corrected chi connectivity index (χ2v) is 7.52. The summed E-state index contributed by atoms with van der Waals surface area (Å²) < 4.78 is 1.49. The van der Waals surface area contributed by atoms with E-state index < -0.39 is 23.8 Å². The fourth-order valence-corrected chi connectivity index (χ4v) is 3.83. The number of benzene rings is 3. The molecule has 1 aromatic heterocycles. The minimum Gasteiger partial charge on any atom is -0.324 e. The van der Waals surface area contributed by atoms with Gasteiger partial charge in [-0.1, -0.05) is 42.5 Å². The predicted octanol–water partition coefficient (Wildman–Crippen LogP) is 2.51. The number of fused-ring (bicyclic) bond motifs is 1. The minimum absolute atomic E-state index is 0.195. The molecule has 33 heavy (non-hydrogen) atoms. The van der Waals surface area contributed by atoms with Gasteiger partial charge in [-0.3, -0.25) is 19.3 Å². The lowest BCUT2D eigenvalue weighted by Crippen LogP contribution is -2.48. The Morgan fingerprint density at radius 3 is 2.09 bits per heavy atom. The SMILES string of the molecule is O=C(Nc1ccc(-n2cnnn2)cc1)[C@H](Cc1ccccc1)N1C(=O)c2ccccc2C1=O. The molecule has 9 nitrogen and oxygen atoms in total. The van der Waals surface area contributed by atoms with E-state index in [4.69, 9.17) is 0 Å². The van der Waals surface area contributed by atoms with Gasteiger partial charge in [0.05, 0.1) is 16.8 Å². The van der Waals surface area contributed by atoms with Crippen LogP contribution < -0.4 is 5.32 Å². The first-order valence-corrected chi connectivity index (χ1v) is 10.3. The average Bonchev–Trinajstić information content (AvgIpc) is 3.47. The first kappa shape index (κ1) is 20.3. The fraction of sp³-hybridized carbons (Fsp3) is 0.0833. The van der Waals surface area contributed by atoms with Crippen LogP contribution in [0.25, 0.3) is 5.69 Å². The molecule has 0 aliphatic carbocycles. The van der Waals surface area contributed by atoms with Gasteiger partial charge < -0.3 is 5.32 Å². The summed E-state index contributed by atoms with van der Waals surface area (Å²) in [5, 5.41) is 13.9. The highest BCUT2D eigenvalue weighted by Gasteiger charge is 2.42. The highest BCUT2D eigenvalue weighted by atomic mass is 16.2. The summed E-state index contributed by atoms with van der Waals surface area (Å²) in [6, 6.07) is 21.8. The van der Waals surface area contributed by atoms with Crippen LogP contribution in [0, 0.1) is 0 Å². The largest absolute Gasteiger partial charge is 0.324 e. The molecule has 162 valence electrons. The number of carbonyl (C=O) groups is 3. The molecule has 2 heterocycles. The van der Waals surface area contributed by atoms with Crippen molar-refractivity contribution >= 4 is 23.4 Å². The van der Waals surface area contributed by atoms with E-state index in [1.165, 1.54) is 11.0 Å². The second-order valence-electron chi connectivity index (χ2n) is 7.52. The number of nitrogens with one attached hydrogen (secondary N) is 1. The quantitative estimate of drug-likeness (QED) is 0.463. The van der Waals surface area contributed by atoms with E-state index >= 15 is 0 Å². The summed E-state index contributed by atoms with van der Waals surface area (Å²) in [5.41, 5.74) is 2.69. The molecule has 0 radical (unpaired) electrons. The van der Waals surface area contributed by atoms with Crippen LogP contribution in [0.1, 0.15) is 26.3 Å². The summed E-state index contributed by atoms with van der Waals surface area (Å²) in [4.78, 5) is 40.6. The summed E-state index contributed by atoms with van der Waals surface area (Å²) in [5.74, 6) is -1.40. The topological polar surface area (TPSA) is 110 Å². The molecule has 3 amide bonds. The number of nitrogens with zero attached hydrogens (tertiary/aromatic N) is 5. The zero-order chi connectivity index (χ0) is 22.8. The Kier molecular flexibility index (Phi) is 5.19. The maximum absolute atomic E-state index is 13.4. The molecule has 0 bridgehead atoms. The van der Waals surface area contributed by atoms with Crippen LogP contribution >= 0.6 is 0 Å². The van der Waals surface area contributed by atoms with Gasteiger partial charge in [0.1, 0.15) is 12.4 Å². The van der Waals surface area contributed by atoms with E-state index in [-0.39, 0.29) is 6.42 Å². The first-order valence-electron chi connectivity index (χ1n) is 10.3. The molecule has 5 rings (SSSR count). The summed E-state index contributed by atoms with van der Waals surface area (Å²) in [6.07, 6.45) is 1.66. The number of rotatable bonds is 6. The number of hydrogen-bond donors (Lipinski definition) is 1. The normalized spacial score (nSPS) is 13.6. The van der Waals surface area contributed by atoms with Crippen LogP contribution in [-0.4, -0.2) is 48.9 Å². The van der Waals surface area contributed by atoms with Crippen molar-refractivity contribution in [1.29, 1.82) is 0 Å². The van der Waals surface area contributed by atoms with Gasteiger partial charge in [-0.25, -0.2) is 4.68 Å². The zero-order valence-electron chi connectivity index (χ0n) is 17.3. The summed E-state index contributed by atoms with van der Waals surface area (Å²) >= 11 is 0. The summed E-state index contributed by atoms with van der Waals surface area (Å²) in [6.45, 7) is 0. The standard InChI is InChI=1S/C24H18N6O3/c31-22(26-17-10-12-18(13-11-17)29-15-25-27-28-29)21(14-16-6-2-1-3-7-16)30-23(32)19-8-4-5-9-20(19)24(30)33/h1-13,15,21H,14H2,(H,26,31)/t21-/m0/s1. The molecule has 0 spiro atoms. The van der Waals surface area contributed by atoms with Gasteiger partial charge >= 0.3 is 0 Å². The molecule has 0 fully saturated rings. The summed E-state index contributed by atoms with van der Waals surface area (Å²) in [7, 11) is 0. The monoisotopic (exact) mass is 438 g/mol. The zero-order valence-corrected chi connectivity index (χ0v) is 17.3. The maximum Gasteiger partial charge on any atom is 0.262 e. The Labute approximate surface area is 188 Å². The minimum atomic E-state index is -1.01. The number of carbonyl (C=O) groups excluding carboxylic acids is 3. The smallest absolute Gasteiger partial charge is 0.262 e. The van der Waals surface area contributed by atoms with Crippen molar-refractivity contribution < 1.29 is 14.4 Å². The Morgan fingerprint density at radius 1 is 0.848 bits per heavy atom. The maximum atomic E-state index is 13.4. The molecule has 4 aromatic rings. The van der Waals surface area contributed by atoms with Crippen molar-refractivity contribution in [2.45, 2.75) is 12.5 Å². The Bertz CT molecular complexity index is 1290. The number of aromatic nitrogens is 4. The van der Waals surface area contributed by atoms with Crippen LogP contribution in [0.15, 0.2) is 85.2 Å². The molecular formula is C24H18N6O3. The predicted molar refractivity (Wildman–Crippen MR) is 119 cm³/mol. The van der Waals surface area contributed by atoms with Gasteiger partial charge in [0.25, 0.3) is 11.8 Å². The van der Waals surface area contributed by atoms with Crippen LogP contribution in [-0.2, 0) is 11.2 Å². The molecule has 0 saturated heterocycles. The highest BCUT2D eigenvalue weighted by Crippen LogP contribution is 2.26. The number of hydrogen-bond acceptors (Lipinski definition) is 6. The lowest BCUT2D eigenvalue weighted by atomic mass is 10.0. The number of tetrazole rings is 1. The van der Waals surface area contributed by atoms with Crippen molar-refractivity contribution in [1.82, 2.24) is 25.1 Å². The van der Waals surface area contributed by atoms with Crippen molar-refractivity contribution in [3.8, 4) is 5.69 Å². The number of imide groups is 1. The number of amides is 3. The van der Waals surface area contributed by atoms with Gasteiger partial charge in [0.2, 0.25) is 5.91 Å². The first-order chi connectivity index (χ1) is 16.1. The van der Waals surface area contributed by atoms with E-state index in [0.717, 1.165) is 16.2 Å². The second kappa shape index (κ2) is 8.46. The lowest BCUT2D eigenvalue weighted by Gasteiger charge is -2.25. The molecular weight excluding hydrogens is 420 g/mol. The van der Waals surface area contributed by atoms with Crippen molar-refractivity contribution in [2.75, 3.05) is 5.32 Å². The van der Waals surface area contributed by atoms with Gasteiger partial charge in [0, 0.05) is 12.1 Å². The van der Waals surface area contributed by atoms with Gasteiger partial charge in [0.15, 0.2) is 0 Å². The van der Waals surface area contributed by atoms with Crippen molar-refractivity contribution in [2.24, 2.45) is 0 Å². The van der Waals surface area contributed by atoms with E-state index in [2.05, 4.69) is 20.8 Å². The molecule has 1 atom stereocenters. The van der Waals surface area contributed by atoms with Crippen LogP contribution in [0.4, 0.5) is 5.69 Å². The van der Waals surface area contributed by atoms with E-state index in [1.807, 2.05) is 30.3 Å². The van der Waals surface area contributed by atoms with Crippen molar-refractivity contribution in [3.05, 3.63) is 102 Å². The highest BCUT2D eigenvalue weighted by molar-refractivity contribution is 6.23. The van der Waals surface area contributed by atoms with Crippen LogP contribution in [0.2, 0.25) is 0 Å². The number of anilines is 1. The molecule has 9 heteroatoms. The average molecular weight is 438 g/mol. The van der Waals surface area contributed by atoms with Gasteiger partial charge in [-0.15, -0.1) is 5.10 Å². The molecule has 1 N–H and O–H groups in total. The van der Waals surface area contributed by atoms with E-state index in [0.29, 0.717) is 16.8 Å². The Hall–Kier alpha value is -4.66. The Morgan fingerprint density at radius 2 is 1.48 bits per heavy atom. The van der Waals surface area contributed by atoms with Crippen LogP contribution in [0.3, 0.4) is 0 Å². The van der Waals surface area contributed by atoms with E-state index in [9.17, 15) is 14.4 Å². The third kappa shape index (κ3) is 3.87. The third-order valence-corrected chi connectivity index (χ3v) is 5.46. The molecule has 3 aromatic carbocycles. The molecule has 1 aliphatic rings. The van der Waals surface area contributed by atoms with Crippen molar-refractivity contribution in [3.63, 3.8) is 0 Å². The van der Waals surface area contributed by atoms with Gasteiger partial charge in [-0.05, 0) is 52.4 Å². The molecule has 0 saturated carbocycles. The molecule has 0 unspecified atom stereocenters. The van der Waals surface area contributed by atoms with E-state index in [1.54, 1.807) is 48.5 Å². The Balaban J connectivity index is 1.43. The van der Waals surface area contributed by atoms with Gasteiger partial charge in [-0.2, -0.15) is 0 Å². The third-order valence-electron chi connectivity index (χ3n) is 5.46. The van der Waals surface area contributed by atoms with Crippen LogP contribution in [0.5, 0.6) is 0 Å².